The molecule has 366 valence electrons. The Bertz CT molecular complexity index is 1790. The monoisotopic (exact) mass is 924 g/mol. The molecular formula is C41H69N11O13. The van der Waals surface area contributed by atoms with E-state index in [1.807, 2.05) is 13.8 Å². The Morgan fingerprint density at radius 2 is 1.06 bits per heavy atom. The summed E-state index contributed by atoms with van der Waals surface area (Å²) in [7, 11) is 0. The molecule has 24 heteroatoms. The van der Waals surface area contributed by atoms with Gasteiger partial charge in [-0.1, -0.05) is 48.0 Å². The van der Waals surface area contributed by atoms with E-state index in [1.165, 1.54) is 33.3 Å². The largest absolute Gasteiger partial charge is 0.481 e. The van der Waals surface area contributed by atoms with Crippen molar-refractivity contribution < 1.29 is 63.3 Å². The summed E-state index contributed by atoms with van der Waals surface area (Å²) in [6.07, 6.45) is 2.11. The summed E-state index contributed by atoms with van der Waals surface area (Å²) >= 11 is 0. The number of nitrogens with two attached hydrogens (primary N) is 1. The topological polar surface area (TPSA) is 382 Å². The molecule has 14 N–H and O–H groups in total. The van der Waals surface area contributed by atoms with Crippen molar-refractivity contribution in [1.82, 2.24) is 52.5 Å². The number of hydrogen-bond acceptors (Lipinski definition) is 13. The number of aliphatic carboxylic acids is 2. The number of H-pyrrole nitrogens is 1. The van der Waals surface area contributed by atoms with E-state index >= 15 is 0 Å². The molecule has 0 radical (unpaired) electrons. The van der Waals surface area contributed by atoms with Crippen LogP contribution in [-0.4, -0.2) is 145 Å². The zero-order chi connectivity index (χ0) is 49.7. The number of amides is 8. The first kappa shape index (κ1) is 56.8. The third-order valence-corrected chi connectivity index (χ3v) is 10.1. The van der Waals surface area contributed by atoms with Gasteiger partial charge in [0.2, 0.25) is 47.3 Å². The van der Waals surface area contributed by atoms with Gasteiger partial charge in [-0.3, -0.25) is 47.9 Å². The molecule has 1 aromatic rings. The first-order valence-corrected chi connectivity index (χ1v) is 21.5. The maximum Gasteiger partial charge on any atom is 0.325 e. The number of carbonyl (C=O) groups is 10. The van der Waals surface area contributed by atoms with Crippen LogP contribution in [0.25, 0.3) is 0 Å². The zero-order valence-electron chi connectivity index (χ0n) is 38.5. The highest BCUT2D eigenvalue weighted by Crippen LogP contribution is 2.13. The fraction of sp³-hybridized carbons (Fsp3) is 0.683. The van der Waals surface area contributed by atoms with Crippen LogP contribution < -0.4 is 48.3 Å². The van der Waals surface area contributed by atoms with Crippen molar-refractivity contribution in [3.05, 3.63) is 18.2 Å². The van der Waals surface area contributed by atoms with Crippen LogP contribution in [0.3, 0.4) is 0 Å². The van der Waals surface area contributed by atoms with Crippen LogP contribution in [0.5, 0.6) is 0 Å². The third kappa shape index (κ3) is 20.5. The van der Waals surface area contributed by atoms with Gasteiger partial charge in [-0.25, -0.2) is 4.98 Å². The van der Waals surface area contributed by atoms with Crippen LogP contribution in [0, 0.1) is 17.8 Å². The molecule has 0 fully saturated rings. The summed E-state index contributed by atoms with van der Waals surface area (Å²) in [5.41, 5.74) is 6.01. The molecular weight excluding hydrogens is 855 g/mol. The minimum atomic E-state index is -1.64. The normalized spacial score (nSPS) is 15.8. The molecule has 0 saturated carbocycles. The van der Waals surface area contributed by atoms with Gasteiger partial charge >= 0.3 is 11.9 Å². The summed E-state index contributed by atoms with van der Waals surface area (Å²) in [5.74, 6) is -10.2. The number of carboxylic acid groups (broad SMARTS) is 2. The van der Waals surface area contributed by atoms with E-state index in [1.54, 1.807) is 27.7 Å². The van der Waals surface area contributed by atoms with Gasteiger partial charge in [-0.2, -0.15) is 0 Å². The van der Waals surface area contributed by atoms with Gasteiger partial charge in [0, 0.05) is 24.7 Å². The van der Waals surface area contributed by atoms with Crippen molar-refractivity contribution in [2.75, 3.05) is 6.61 Å². The number of rotatable bonds is 29. The Morgan fingerprint density at radius 1 is 0.600 bits per heavy atom. The number of aliphatic hydroxyl groups excluding tert-OH is 1. The van der Waals surface area contributed by atoms with E-state index in [2.05, 4.69) is 52.5 Å². The maximum absolute atomic E-state index is 14.0. The van der Waals surface area contributed by atoms with Crippen LogP contribution in [0.2, 0.25) is 0 Å². The van der Waals surface area contributed by atoms with Crippen LogP contribution in [-0.2, 0) is 54.4 Å². The number of aromatic amines is 1. The fourth-order valence-corrected chi connectivity index (χ4v) is 6.08. The Morgan fingerprint density at radius 3 is 1.54 bits per heavy atom. The van der Waals surface area contributed by atoms with E-state index in [9.17, 15) is 63.3 Å². The van der Waals surface area contributed by atoms with E-state index in [4.69, 9.17) is 5.73 Å². The first-order valence-electron chi connectivity index (χ1n) is 21.5. The number of carbonyl (C=O) groups excluding carboxylic acids is 8. The van der Waals surface area contributed by atoms with E-state index in [0.717, 1.165) is 0 Å². The van der Waals surface area contributed by atoms with Gasteiger partial charge in [-0.15, -0.1) is 0 Å². The number of aliphatic hydroxyl groups is 1. The average Bonchev–Trinajstić information content (AvgIpc) is 3.74. The second-order valence-corrected chi connectivity index (χ2v) is 16.9. The van der Waals surface area contributed by atoms with Gasteiger partial charge in [0.1, 0.15) is 48.3 Å². The second-order valence-electron chi connectivity index (χ2n) is 16.9. The minimum Gasteiger partial charge on any atom is -0.481 e. The molecule has 0 aliphatic rings. The standard InChI is InChI=1S/C41H69N11O13/c1-10-21(6)32(40(63)47-26(11-12-31(54)55)35(58)46-24(9)41(64)65)52-38(61)28(14-20(4)5)49-37(60)29(15-25-16-43-18-44-25)50-39(62)30(17-53)51-34(57)23(8)45-36(59)27(13-19(2)3)48-33(56)22(7)42/h16,18-24,26-30,32,53H,10-15,17,42H2,1-9H3,(H,43,44)(H,45,59)(H,46,58)(H,47,63)(H,48,56)(H,49,60)(H,50,62)(H,51,57)(H,52,61)(H,54,55)(H,64,65)/t21-,22-,23-,24-,26-,27-,28-,29-,30-,32-/m0/s1. The molecule has 10 atom stereocenters. The molecule has 0 spiro atoms. The van der Waals surface area contributed by atoms with E-state index < -0.39 is 139 Å². The van der Waals surface area contributed by atoms with Crippen LogP contribution in [0.4, 0.5) is 0 Å². The highest BCUT2D eigenvalue weighted by atomic mass is 16.4. The molecule has 0 unspecified atom stereocenters. The zero-order valence-corrected chi connectivity index (χ0v) is 38.5. The Balaban J connectivity index is 3.33. The smallest absolute Gasteiger partial charge is 0.325 e. The number of nitrogens with zero attached hydrogens (tertiary/aromatic N) is 1. The number of imidazole rings is 1. The molecule has 0 bridgehead atoms. The quantitative estimate of drug-likeness (QED) is 0.0389. The number of carboxylic acids is 2. The van der Waals surface area contributed by atoms with Crippen LogP contribution in [0.1, 0.15) is 100 Å². The first-order chi connectivity index (χ1) is 30.3. The van der Waals surface area contributed by atoms with Crippen molar-refractivity contribution in [1.29, 1.82) is 0 Å². The van der Waals surface area contributed by atoms with Crippen LogP contribution in [0.15, 0.2) is 12.5 Å². The molecule has 24 nitrogen and oxygen atoms in total. The SMILES string of the molecule is CC[C@H](C)[C@H](NC(=O)[C@H](CC(C)C)NC(=O)[C@H](Cc1cnc[nH]1)NC(=O)[C@H](CO)NC(=O)[C@H](C)NC(=O)[C@H](CC(C)C)NC(=O)[C@H](C)N)C(=O)N[C@@H](CCC(=O)O)C(=O)N[C@@H](C)C(=O)O. The molecule has 1 heterocycles. The fourth-order valence-electron chi connectivity index (χ4n) is 6.08. The summed E-state index contributed by atoms with van der Waals surface area (Å²) in [6.45, 7) is 13.5. The molecule has 1 rings (SSSR count). The lowest BCUT2D eigenvalue weighted by Gasteiger charge is -2.30. The Hall–Kier alpha value is -6.17. The van der Waals surface area contributed by atoms with E-state index in [0.29, 0.717) is 12.1 Å². The summed E-state index contributed by atoms with van der Waals surface area (Å²) in [5, 5.41) is 48.4. The van der Waals surface area contributed by atoms with Gasteiger partial charge in [0.25, 0.3) is 0 Å². The lowest BCUT2D eigenvalue weighted by Crippen LogP contribution is -2.61. The van der Waals surface area contributed by atoms with Crippen molar-refractivity contribution in [3.63, 3.8) is 0 Å². The van der Waals surface area contributed by atoms with Gasteiger partial charge in [0.05, 0.1) is 19.0 Å². The molecule has 0 saturated heterocycles. The Labute approximate surface area is 377 Å². The molecule has 0 aromatic carbocycles. The van der Waals surface area contributed by atoms with E-state index in [-0.39, 0.29) is 31.1 Å². The third-order valence-electron chi connectivity index (χ3n) is 10.1. The molecule has 0 aliphatic carbocycles. The number of aromatic nitrogens is 2. The molecule has 65 heavy (non-hydrogen) atoms. The average molecular weight is 924 g/mol. The predicted octanol–water partition coefficient (Wildman–Crippen LogP) is -2.70. The van der Waals surface area contributed by atoms with Crippen LogP contribution >= 0.6 is 0 Å². The maximum atomic E-state index is 14.0. The lowest BCUT2D eigenvalue weighted by atomic mass is 9.96. The highest BCUT2D eigenvalue weighted by molar-refractivity contribution is 5.98. The molecule has 8 amide bonds. The minimum absolute atomic E-state index is 0.0275. The van der Waals surface area contributed by atoms with Crippen molar-refractivity contribution in [2.24, 2.45) is 23.5 Å². The van der Waals surface area contributed by atoms with Crippen molar-refractivity contribution >= 4 is 59.2 Å². The highest BCUT2D eigenvalue weighted by Gasteiger charge is 2.36. The van der Waals surface area contributed by atoms with Crippen molar-refractivity contribution in [3.8, 4) is 0 Å². The van der Waals surface area contributed by atoms with Gasteiger partial charge in [0.15, 0.2) is 0 Å². The summed E-state index contributed by atoms with van der Waals surface area (Å²) < 4.78 is 0. The second kappa shape index (κ2) is 27.9. The molecule has 1 aromatic heterocycles. The predicted molar refractivity (Wildman–Crippen MR) is 233 cm³/mol. The number of hydrogen-bond donors (Lipinski definition) is 13. The van der Waals surface area contributed by atoms with Gasteiger partial charge < -0.3 is 68.6 Å². The van der Waals surface area contributed by atoms with Gasteiger partial charge in [-0.05, 0) is 57.8 Å². The Kier molecular flexibility index (Phi) is 24.4. The van der Waals surface area contributed by atoms with Crippen molar-refractivity contribution in [2.45, 2.75) is 155 Å². The molecule has 0 aliphatic heterocycles. The lowest BCUT2D eigenvalue weighted by molar-refractivity contribution is -0.142. The number of nitrogens with one attached hydrogen (secondary N) is 9. The summed E-state index contributed by atoms with van der Waals surface area (Å²) in [6, 6.07) is -11.8. The summed E-state index contributed by atoms with van der Waals surface area (Å²) in [4.78, 5) is 136.